The van der Waals surface area contributed by atoms with Crippen LogP contribution in [0.5, 0.6) is 0 Å². The molecule has 1 N–H and O–H groups in total. The van der Waals surface area contributed by atoms with Crippen LogP contribution in [0.4, 0.5) is 11.6 Å². The smallest absolute Gasteiger partial charge is 0.131 e. The van der Waals surface area contributed by atoms with Crippen molar-refractivity contribution in [2.24, 2.45) is 0 Å². The third-order valence-corrected chi connectivity index (χ3v) is 3.16. The fourth-order valence-corrected chi connectivity index (χ4v) is 2.21. The third kappa shape index (κ3) is 5.81. The van der Waals surface area contributed by atoms with Gasteiger partial charge in [-0.05, 0) is 53.2 Å². The summed E-state index contributed by atoms with van der Waals surface area (Å²) in [5.41, 5.74) is 0.0382. The molecule has 0 aliphatic heterocycles. The van der Waals surface area contributed by atoms with E-state index in [0.29, 0.717) is 6.04 Å². The van der Waals surface area contributed by atoms with Crippen molar-refractivity contribution in [3.8, 4) is 0 Å². The Kier molecular flexibility index (Phi) is 6.31. The van der Waals surface area contributed by atoms with E-state index in [9.17, 15) is 0 Å². The van der Waals surface area contributed by atoms with E-state index in [-0.39, 0.29) is 5.54 Å². The molecule has 3 nitrogen and oxygen atoms in total. The Labute approximate surface area is 124 Å². The molecule has 0 radical (unpaired) electrons. The molecule has 0 bridgehead atoms. The minimum atomic E-state index is 0.0382. The Hall–Kier alpha value is -1.25. The summed E-state index contributed by atoms with van der Waals surface area (Å²) < 4.78 is 0. The van der Waals surface area contributed by atoms with Gasteiger partial charge >= 0.3 is 0 Å². The molecule has 0 unspecified atom stereocenters. The predicted octanol–water partition coefficient (Wildman–Crippen LogP) is 4.70. The molecule has 0 fully saturated rings. The molecule has 0 aromatic carbocycles. The molecule has 3 heteroatoms. The quantitative estimate of drug-likeness (QED) is 0.732. The van der Waals surface area contributed by atoms with Crippen LogP contribution in [0.1, 0.15) is 60.8 Å². The van der Waals surface area contributed by atoms with Crippen LogP contribution in [0.3, 0.4) is 0 Å². The summed E-state index contributed by atoms with van der Waals surface area (Å²) in [6, 6.07) is 6.72. The topological polar surface area (TPSA) is 28.2 Å². The number of hydrogen-bond acceptors (Lipinski definition) is 3. The highest BCUT2D eigenvalue weighted by Gasteiger charge is 2.14. The van der Waals surface area contributed by atoms with Gasteiger partial charge in [0.05, 0.1) is 0 Å². The molecule has 0 saturated heterocycles. The lowest BCUT2D eigenvalue weighted by Crippen LogP contribution is -2.33. The maximum absolute atomic E-state index is 4.77. The summed E-state index contributed by atoms with van der Waals surface area (Å²) in [5, 5.41) is 3.44. The molecule has 0 saturated carbocycles. The zero-order valence-corrected chi connectivity index (χ0v) is 14.0. The van der Waals surface area contributed by atoms with E-state index in [1.807, 2.05) is 6.07 Å². The lowest BCUT2D eigenvalue weighted by Gasteiger charge is -2.29. The first-order valence-electron chi connectivity index (χ1n) is 7.85. The van der Waals surface area contributed by atoms with Crippen LogP contribution in [0, 0.1) is 0 Å². The van der Waals surface area contributed by atoms with Crippen molar-refractivity contribution in [3.05, 3.63) is 18.2 Å². The van der Waals surface area contributed by atoms with Gasteiger partial charge in [-0.1, -0.05) is 25.8 Å². The number of pyridine rings is 1. The van der Waals surface area contributed by atoms with Crippen LogP contribution in [-0.2, 0) is 0 Å². The lowest BCUT2D eigenvalue weighted by atomic mass is 10.1. The van der Waals surface area contributed by atoms with E-state index in [0.717, 1.165) is 18.2 Å². The van der Waals surface area contributed by atoms with Crippen molar-refractivity contribution in [3.63, 3.8) is 0 Å². The highest BCUT2D eigenvalue weighted by atomic mass is 15.2. The van der Waals surface area contributed by atoms with Gasteiger partial charge in [-0.25, -0.2) is 4.98 Å². The second kappa shape index (κ2) is 7.51. The van der Waals surface area contributed by atoms with E-state index >= 15 is 0 Å². The Balaban J connectivity index is 2.83. The number of unbranched alkanes of at least 4 members (excludes halogenated alkanes) is 2. The number of hydrogen-bond donors (Lipinski definition) is 1. The molecular weight excluding hydrogens is 246 g/mol. The van der Waals surface area contributed by atoms with Crippen LogP contribution in [0.2, 0.25) is 0 Å². The molecule has 1 aromatic rings. The summed E-state index contributed by atoms with van der Waals surface area (Å²) in [6.07, 6.45) is 3.77. The summed E-state index contributed by atoms with van der Waals surface area (Å²) in [7, 11) is 0. The van der Waals surface area contributed by atoms with Gasteiger partial charge in [0.1, 0.15) is 11.6 Å². The standard InChI is InChI=1S/C17H31N3/c1-7-8-9-13-20(14(2)3)16-12-10-11-15(18-16)19-17(4,5)6/h10-12,14H,7-9,13H2,1-6H3,(H,18,19). The average molecular weight is 277 g/mol. The second-order valence-corrected chi connectivity index (χ2v) is 6.75. The van der Waals surface area contributed by atoms with E-state index in [2.05, 4.69) is 63.9 Å². The van der Waals surface area contributed by atoms with E-state index in [4.69, 9.17) is 4.98 Å². The van der Waals surface area contributed by atoms with Gasteiger partial charge in [-0.3, -0.25) is 0 Å². The highest BCUT2D eigenvalue weighted by Crippen LogP contribution is 2.20. The second-order valence-electron chi connectivity index (χ2n) is 6.75. The minimum Gasteiger partial charge on any atom is -0.365 e. The SMILES string of the molecule is CCCCCN(c1cccc(NC(C)(C)C)n1)C(C)C. The maximum Gasteiger partial charge on any atom is 0.131 e. The fraction of sp³-hybridized carbons (Fsp3) is 0.706. The fourth-order valence-electron chi connectivity index (χ4n) is 2.21. The summed E-state index contributed by atoms with van der Waals surface area (Å²) in [4.78, 5) is 7.17. The zero-order valence-electron chi connectivity index (χ0n) is 14.0. The minimum absolute atomic E-state index is 0.0382. The van der Waals surface area contributed by atoms with E-state index in [1.165, 1.54) is 19.3 Å². The number of aromatic nitrogens is 1. The number of nitrogens with zero attached hydrogens (tertiary/aromatic N) is 2. The zero-order chi connectivity index (χ0) is 15.2. The average Bonchev–Trinajstić information content (AvgIpc) is 2.32. The predicted molar refractivity (Wildman–Crippen MR) is 89.6 cm³/mol. The van der Waals surface area contributed by atoms with Crippen molar-refractivity contribution >= 4 is 11.6 Å². The summed E-state index contributed by atoms with van der Waals surface area (Å²) >= 11 is 0. The third-order valence-electron chi connectivity index (χ3n) is 3.16. The highest BCUT2D eigenvalue weighted by molar-refractivity contribution is 5.48. The van der Waals surface area contributed by atoms with Gasteiger partial charge < -0.3 is 10.2 Å². The van der Waals surface area contributed by atoms with Crippen LogP contribution in [0.15, 0.2) is 18.2 Å². The van der Waals surface area contributed by atoms with Crippen LogP contribution < -0.4 is 10.2 Å². The molecule has 1 heterocycles. The maximum atomic E-state index is 4.77. The normalized spacial score (nSPS) is 11.8. The molecule has 0 spiro atoms. The summed E-state index contributed by atoms with van der Waals surface area (Å²) in [6.45, 7) is 14.3. The molecule has 0 aliphatic rings. The molecular formula is C17H31N3. The Bertz CT molecular complexity index is 393. The van der Waals surface area contributed by atoms with Crippen LogP contribution in [0.25, 0.3) is 0 Å². The Morgan fingerprint density at radius 1 is 1.20 bits per heavy atom. The van der Waals surface area contributed by atoms with Crippen LogP contribution >= 0.6 is 0 Å². The van der Waals surface area contributed by atoms with Gasteiger partial charge in [0, 0.05) is 18.1 Å². The Morgan fingerprint density at radius 2 is 1.90 bits per heavy atom. The summed E-state index contributed by atoms with van der Waals surface area (Å²) in [5.74, 6) is 2.03. The van der Waals surface area contributed by atoms with E-state index in [1.54, 1.807) is 0 Å². The van der Waals surface area contributed by atoms with Gasteiger partial charge in [-0.15, -0.1) is 0 Å². The Morgan fingerprint density at radius 3 is 2.45 bits per heavy atom. The first-order chi connectivity index (χ1) is 9.33. The van der Waals surface area contributed by atoms with E-state index < -0.39 is 0 Å². The number of nitrogens with one attached hydrogen (secondary N) is 1. The van der Waals surface area contributed by atoms with Crippen molar-refractivity contribution in [1.82, 2.24) is 4.98 Å². The lowest BCUT2D eigenvalue weighted by molar-refractivity contribution is 0.615. The number of anilines is 2. The molecule has 0 amide bonds. The van der Waals surface area contributed by atoms with Crippen molar-refractivity contribution in [2.75, 3.05) is 16.8 Å². The molecule has 0 atom stereocenters. The molecule has 1 rings (SSSR count). The van der Waals surface area contributed by atoms with Crippen LogP contribution in [-0.4, -0.2) is 23.1 Å². The number of rotatable bonds is 7. The van der Waals surface area contributed by atoms with Gasteiger partial charge in [0.2, 0.25) is 0 Å². The first kappa shape index (κ1) is 16.8. The molecule has 20 heavy (non-hydrogen) atoms. The van der Waals surface area contributed by atoms with Gasteiger partial charge in [0.25, 0.3) is 0 Å². The largest absolute Gasteiger partial charge is 0.365 e. The molecule has 1 aromatic heterocycles. The van der Waals surface area contributed by atoms with Gasteiger partial charge in [-0.2, -0.15) is 0 Å². The molecule has 0 aliphatic carbocycles. The van der Waals surface area contributed by atoms with Crippen molar-refractivity contribution < 1.29 is 0 Å². The molecule has 114 valence electrons. The first-order valence-corrected chi connectivity index (χ1v) is 7.85. The van der Waals surface area contributed by atoms with Crippen molar-refractivity contribution in [2.45, 2.75) is 72.4 Å². The van der Waals surface area contributed by atoms with Crippen molar-refractivity contribution in [1.29, 1.82) is 0 Å². The van der Waals surface area contributed by atoms with Gasteiger partial charge in [0.15, 0.2) is 0 Å². The monoisotopic (exact) mass is 277 g/mol.